The van der Waals surface area contributed by atoms with Crippen LogP contribution in [-0.2, 0) is 0 Å². The van der Waals surface area contributed by atoms with Gasteiger partial charge in [0.2, 0.25) is 0 Å². The van der Waals surface area contributed by atoms with Crippen LogP contribution in [0.5, 0.6) is 0 Å². The largest absolute Gasteiger partial charge is 0.467 e. The number of nitrogens with one attached hydrogen (secondary N) is 1. The average Bonchev–Trinajstić information content (AvgIpc) is 2.98. The van der Waals surface area contributed by atoms with Gasteiger partial charge in [0.15, 0.2) is 0 Å². The molecule has 0 saturated carbocycles. The maximum Gasteiger partial charge on any atom is 0.128 e. The standard InChI is InChI=1S/C15H16ClFN2O.ClH/c16-11-3-4-13(17)12(10-11)15(14-2-1-9-20-14)19-7-5-18-6-8-19;/h1-4,9-10,15,18H,5-8H2;1H/t15-;/m1./s1. The number of halogens is 3. The Balaban J connectivity index is 0.00000161. The van der Waals surface area contributed by atoms with E-state index < -0.39 is 0 Å². The van der Waals surface area contributed by atoms with Gasteiger partial charge >= 0.3 is 0 Å². The molecule has 0 amide bonds. The zero-order valence-electron chi connectivity index (χ0n) is 11.4. The van der Waals surface area contributed by atoms with Gasteiger partial charge in [0, 0.05) is 36.8 Å². The number of hydrogen-bond acceptors (Lipinski definition) is 3. The maximum atomic E-state index is 14.2. The summed E-state index contributed by atoms with van der Waals surface area (Å²) in [5, 5.41) is 3.84. The van der Waals surface area contributed by atoms with Crippen LogP contribution in [0.3, 0.4) is 0 Å². The average molecular weight is 331 g/mol. The molecule has 1 aliphatic rings. The second kappa shape index (κ2) is 7.27. The molecule has 2 aromatic rings. The molecule has 2 heterocycles. The first-order valence-electron chi connectivity index (χ1n) is 6.69. The lowest BCUT2D eigenvalue weighted by molar-refractivity contribution is 0.177. The summed E-state index contributed by atoms with van der Waals surface area (Å²) in [7, 11) is 0. The third kappa shape index (κ3) is 3.58. The van der Waals surface area contributed by atoms with Crippen molar-refractivity contribution in [2.45, 2.75) is 6.04 Å². The third-order valence-electron chi connectivity index (χ3n) is 3.58. The Morgan fingerprint density at radius 3 is 2.67 bits per heavy atom. The summed E-state index contributed by atoms with van der Waals surface area (Å²) in [6, 6.07) is 8.14. The molecule has 6 heteroatoms. The summed E-state index contributed by atoms with van der Waals surface area (Å²) < 4.78 is 19.8. The zero-order chi connectivity index (χ0) is 13.9. The normalized spacial score (nSPS) is 17.2. The van der Waals surface area contributed by atoms with Crippen molar-refractivity contribution in [3.05, 3.63) is 58.8 Å². The molecule has 3 rings (SSSR count). The minimum absolute atomic E-state index is 0. The van der Waals surface area contributed by atoms with Crippen LogP contribution < -0.4 is 5.32 Å². The highest BCUT2D eigenvalue weighted by atomic mass is 35.5. The summed E-state index contributed by atoms with van der Waals surface area (Å²) in [5.74, 6) is 0.488. The first-order chi connectivity index (χ1) is 9.75. The van der Waals surface area contributed by atoms with E-state index in [2.05, 4.69) is 10.2 Å². The Labute approximate surface area is 134 Å². The zero-order valence-corrected chi connectivity index (χ0v) is 13.0. The van der Waals surface area contributed by atoms with Gasteiger partial charge in [0.1, 0.15) is 11.6 Å². The first kappa shape index (κ1) is 16.3. The lowest BCUT2D eigenvalue weighted by Crippen LogP contribution is -2.45. The summed E-state index contributed by atoms with van der Waals surface area (Å²) in [5.41, 5.74) is 0.564. The van der Waals surface area contributed by atoms with Crippen molar-refractivity contribution in [3.8, 4) is 0 Å². The SMILES string of the molecule is Cl.Fc1ccc(Cl)cc1[C@H](c1ccco1)N1CCNCC1. The molecular formula is C15H17Cl2FN2O. The van der Waals surface area contributed by atoms with Gasteiger partial charge in [-0.1, -0.05) is 11.6 Å². The summed E-state index contributed by atoms with van der Waals surface area (Å²) in [6.45, 7) is 3.47. The quantitative estimate of drug-likeness (QED) is 0.933. The number of piperazine rings is 1. The van der Waals surface area contributed by atoms with E-state index in [1.807, 2.05) is 12.1 Å². The van der Waals surface area contributed by atoms with E-state index in [1.165, 1.54) is 6.07 Å². The third-order valence-corrected chi connectivity index (χ3v) is 3.82. The Morgan fingerprint density at radius 2 is 2.00 bits per heavy atom. The molecule has 1 saturated heterocycles. The van der Waals surface area contributed by atoms with Crippen molar-refractivity contribution in [3.63, 3.8) is 0 Å². The van der Waals surface area contributed by atoms with E-state index in [0.29, 0.717) is 10.6 Å². The Morgan fingerprint density at radius 1 is 1.24 bits per heavy atom. The molecule has 0 bridgehead atoms. The van der Waals surface area contributed by atoms with Crippen LogP contribution in [0.2, 0.25) is 5.02 Å². The van der Waals surface area contributed by atoms with Crippen LogP contribution >= 0.6 is 24.0 Å². The molecule has 1 aliphatic heterocycles. The summed E-state index contributed by atoms with van der Waals surface area (Å²) in [4.78, 5) is 2.21. The second-order valence-corrected chi connectivity index (χ2v) is 5.31. The molecule has 21 heavy (non-hydrogen) atoms. The topological polar surface area (TPSA) is 28.4 Å². The Hall–Kier alpha value is -1.07. The molecular weight excluding hydrogens is 314 g/mol. The lowest BCUT2D eigenvalue weighted by atomic mass is 10.0. The monoisotopic (exact) mass is 330 g/mol. The fraction of sp³-hybridized carbons (Fsp3) is 0.333. The molecule has 0 radical (unpaired) electrons. The molecule has 1 N–H and O–H groups in total. The van der Waals surface area contributed by atoms with E-state index in [4.69, 9.17) is 16.0 Å². The fourth-order valence-electron chi connectivity index (χ4n) is 2.64. The van der Waals surface area contributed by atoms with E-state index in [-0.39, 0.29) is 24.3 Å². The van der Waals surface area contributed by atoms with Crippen LogP contribution in [0.25, 0.3) is 0 Å². The second-order valence-electron chi connectivity index (χ2n) is 4.87. The van der Waals surface area contributed by atoms with Crippen molar-refractivity contribution in [1.29, 1.82) is 0 Å². The molecule has 3 nitrogen and oxygen atoms in total. The fourth-order valence-corrected chi connectivity index (χ4v) is 2.82. The van der Waals surface area contributed by atoms with E-state index >= 15 is 0 Å². The number of benzene rings is 1. The number of hydrogen-bond donors (Lipinski definition) is 1. The van der Waals surface area contributed by atoms with Gasteiger partial charge in [-0.15, -0.1) is 12.4 Å². The van der Waals surface area contributed by atoms with E-state index in [1.54, 1.807) is 18.4 Å². The van der Waals surface area contributed by atoms with Crippen molar-refractivity contribution in [2.24, 2.45) is 0 Å². The molecule has 1 aromatic heterocycles. The van der Waals surface area contributed by atoms with Gasteiger partial charge < -0.3 is 9.73 Å². The first-order valence-corrected chi connectivity index (χ1v) is 7.06. The molecule has 1 fully saturated rings. The Bertz CT molecular complexity index is 571. The minimum atomic E-state index is -0.255. The van der Waals surface area contributed by atoms with Gasteiger partial charge in [-0.25, -0.2) is 4.39 Å². The molecule has 1 atom stereocenters. The highest BCUT2D eigenvalue weighted by molar-refractivity contribution is 6.30. The van der Waals surface area contributed by atoms with Gasteiger partial charge in [-0.2, -0.15) is 0 Å². The Kier molecular flexibility index (Phi) is 5.65. The molecule has 1 aromatic carbocycles. The maximum absolute atomic E-state index is 14.2. The van der Waals surface area contributed by atoms with Crippen molar-refractivity contribution in [1.82, 2.24) is 10.2 Å². The summed E-state index contributed by atoms with van der Waals surface area (Å²) >= 11 is 6.03. The van der Waals surface area contributed by atoms with Gasteiger partial charge in [0.05, 0.1) is 12.3 Å². The van der Waals surface area contributed by atoms with Crippen molar-refractivity contribution >= 4 is 24.0 Å². The van der Waals surface area contributed by atoms with Crippen molar-refractivity contribution in [2.75, 3.05) is 26.2 Å². The predicted octanol–water partition coefficient (Wildman–Crippen LogP) is 3.49. The van der Waals surface area contributed by atoms with Crippen LogP contribution in [0.15, 0.2) is 41.0 Å². The smallest absolute Gasteiger partial charge is 0.128 e. The number of rotatable bonds is 3. The highest BCUT2D eigenvalue weighted by Gasteiger charge is 2.28. The lowest BCUT2D eigenvalue weighted by Gasteiger charge is -2.34. The van der Waals surface area contributed by atoms with Gasteiger partial charge in [0.25, 0.3) is 0 Å². The minimum Gasteiger partial charge on any atom is -0.467 e. The van der Waals surface area contributed by atoms with E-state index in [0.717, 1.165) is 31.9 Å². The number of nitrogens with zero attached hydrogens (tertiary/aromatic N) is 1. The molecule has 0 spiro atoms. The van der Waals surface area contributed by atoms with Gasteiger partial charge in [-0.3, -0.25) is 4.90 Å². The van der Waals surface area contributed by atoms with E-state index in [9.17, 15) is 4.39 Å². The molecule has 0 unspecified atom stereocenters. The van der Waals surface area contributed by atoms with Crippen LogP contribution in [0.1, 0.15) is 17.4 Å². The van der Waals surface area contributed by atoms with Crippen LogP contribution in [0.4, 0.5) is 4.39 Å². The molecule has 114 valence electrons. The molecule has 0 aliphatic carbocycles. The van der Waals surface area contributed by atoms with Crippen LogP contribution in [-0.4, -0.2) is 31.1 Å². The van der Waals surface area contributed by atoms with Gasteiger partial charge in [-0.05, 0) is 30.3 Å². The summed E-state index contributed by atoms with van der Waals surface area (Å²) in [6.07, 6.45) is 1.62. The van der Waals surface area contributed by atoms with Crippen molar-refractivity contribution < 1.29 is 8.81 Å². The predicted molar refractivity (Wildman–Crippen MR) is 83.7 cm³/mol. The number of furan rings is 1. The highest BCUT2D eigenvalue weighted by Crippen LogP contribution is 2.32. The van der Waals surface area contributed by atoms with Crippen LogP contribution in [0, 0.1) is 5.82 Å².